The van der Waals surface area contributed by atoms with E-state index in [1.165, 1.54) is 0 Å². The van der Waals surface area contributed by atoms with Gasteiger partial charge in [0.15, 0.2) is 0 Å². The maximum Gasteiger partial charge on any atom is 0.242 e. The summed E-state index contributed by atoms with van der Waals surface area (Å²) in [6.07, 6.45) is 1.75. The molecular weight excluding hydrogens is 272 g/mol. The lowest BCUT2D eigenvalue weighted by molar-refractivity contribution is 0.378. The predicted molar refractivity (Wildman–Crippen MR) is 84.5 cm³/mol. The highest BCUT2D eigenvalue weighted by atomic mass is 32.2. The SMILES string of the molecule is CCCNc1ccccc1S(=O)(=O)NCCC(C)(C)C. The highest BCUT2D eigenvalue weighted by Crippen LogP contribution is 2.22. The molecule has 20 heavy (non-hydrogen) atoms. The van der Waals surface area contributed by atoms with Gasteiger partial charge in [0.2, 0.25) is 10.0 Å². The van der Waals surface area contributed by atoms with E-state index in [0.717, 1.165) is 19.4 Å². The molecule has 0 heterocycles. The molecular formula is C15H26N2O2S. The normalized spacial score (nSPS) is 12.4. The smallest absolute Gasteiger partial charge is 0.242 e. The number of hydrogen-bond donors (Lipinski definition) is 2. The van der Waals surface area contributed by atoms with Gasteiger partial charge >= 0.3 is 0 Å². The van der Waals surface area contributed by atoms with Gasteiger partial charge < -0.3 is 5.32 Å². The Morgan fingerprint density at radius 1 is 1.10 bits per heavy atom. The van der Waals surface area contributed by atoms with Crippen molar-refractivity contribution in [2.75, 3.05) is 18.4 Å². The van der Waals surface area contributed by atoms with Crippen LogP contribution in [0.2, 0.25) is 0 Å². The molecule has 0 aliphatic carbocycles. The molecule has 4 nitrogen and oxygen atoms in total. The van der Waals surface area contributed by atoms with Gasteiger partial charge in [-0.25, -0.2) is 13.1 Å². The minimum Gasteiger partial charge on any atom is -0.384 e. The van der Waals surface area contributed by atoms with Gasteiger partial charge in [0.1, 0.15) is 4.90 Å². The van der Waals surface area contributed by atoms with Crippen LogP contribution < -0.4 is 10.0 Å². The number of nitrogens with one attached hydrogen (secondary N) is 2. The third-order valence-electron chi connectivity index (χ3n) is 2.91. The van der Waals surface area contributed by atoms with Crippen molar-refractivity contribution in [1.82, 2.24) is 4.72 Å². The van der Waals surface area contributed by atoms with Gasteiger partial charge in [0.25, 0.3) is 0 Å². The number of hydrogen-bond acceptors (Lipinski definition) is 3. The minimum absolute atomic E-state index is 0.114. The van der Waals surface area contributed by atoms with Crippen molar-refractivity contribution in [3.05, 3.63) is 24.3 Å². The quantitative estimate of drug-likeness (QED) is 0.812. The van der Waals surface area contributed by atoms with Crippen LogP contribution in [0.25, 0.3) is 0 Å². The summed E-state index contributed by atoms with van der Waals surface area (Å²) in [7, 11) is -3.46. The number of benzene rings is 1. The topological polar surface area (TPSA) is 58.2 Å². The van der Waals surface area contributed by atoms with E-state index in [-0.39, 0.29) is 5.41 Å². The second kappa shape index (κ2) is 7.09. The Morgan fingerprint density at radius 3 is 2.35 bits per heavy atom. The van der Waals surface area contributed by atoms with Crippen molar-refractivity contribution in [2.45, 2.75) is 45.4 Å². The molecule has 0 unspecified atom stereocenters. The maximum atomic E-state index is 12.4. The van der Waals surface area contributed by atoms with E-state index in [9.17, 15) is 8.42 Å². The first-order valence-electron chi connectivity index (χ1n) is 7.09. The summed E-state index contributed by atoms with van der Waals surface area (Å²) in [6, 6.07) is 7.02. The summed E-state index contributed by atoms with van der Waals surface area (Å²) in [5, 5.41) is 3.16. The first kappa shape index (κ1) is 17.0. The molecule has 1 aromatic rings. The van der Waals surface area contributed by atoms with Crippen LogP contribution in [0.3, 0.4) is 0 Å². The Balaban J connectivity index is 2.81. The van der Waals surface area contributed by atoms with Gasteiger partial charge in [-0.15, -0.1) is 0 Å². The second-order valence-electron chi connectivity index (χ2n) is 6.13. The van der Waals surface area contributed by atoms with Crippen LogP contribution in [0, 0.1) is 5.41 Å². The Bertz CT molecular complexity index is 519. The Labute approximate surface area is 123 Å². The standard InChI is InChI=1S/C15H26N2O2S/c1-5-11-16-13-8-6-7-9-14(13)20(18,19)17-12-10-15(2,3)4/h6-9,16-17H,5,10-12H2,1-4H3. The number of anilines is 1. The molecule has 0 aromatic heterocycles. The fourth-order valence-electron chi connectivity index (χ4n) is 1.74. The van der Waals surface area contributed by atoms with Crippen LogP contribution in [0.4, 0.5) is 5.69 Å². The van der Waals surface area contributed by atoms with E-state index in [2.05, 4.69) is 30.8 Å². The van der Waals surface area contributed by atoms with Crippen molar-refractivity contribution in [3.63, 3.8) is 0 Å². The maximum absolute atomic E-state index is 12.4. The van der Waals surface area contributed by atoms with Gasteiger partial charge in [-0.2, -0.15) is 0 Å². The number of para-hydroxylation sites is 1. The van der Waals surface area contributed by atoms with Crippen molar-refractivity contribution >= 4 is 15.7 Å². The average molecular weight is 298 g/mol. The van der Waals surface area contributed by atoms with Crippen LogP contribution >= 0.6 is 0 Å². The largest absolute Gasteiger partial charge is 0.384 e. The van der Waals surface area contributed by atoms with Crippen molar-refractivity contribution in [3.8, 4) is 0 Å². The van der Waals surface area contributed by atoms with Crippen LogP contribution in [0.1, 0.15) is 40.5 Å². The number of sulfonamides is 1. The lowest BCUT2D eigenvalue weighted by Gasteiger charge is -2.18. The summed E-state index contributed by atoms with van der Waals surface area (Å²) >= 11 is 0. The Kier molecular flexibility index (Phi) is 6.02. The van der Waals surface area contributed by atoms with Gasteiger partial charge in [-0.1, -0.05) is 39.8 Å². The van der Waals surface area contributed by atoms with E-state index >= 15 is 0 Å². The third kappa shape index (κ3) is 5.51. The molecule has 0 saturated heterocycles. The molecule has 0 bridgehead atoms. The lowest BCUT2D eigenvalue weighted by Crippen LogP contribution is -2.28. The summed E-state index contributed by atoms with van der Waals surface area (Å²) in [6.45, 7) is 9.54. The molecule has 0 spiro atoms. The number of rotatable bonds is 7. The molecule has 2 N–H and O–H groups in total. The molecule has 1 aromatic carbocycles. The molecule has 0 radical (unpaired) electrons. The fraction of sp³-hybridized carbons (Fsp3) is 0.600. The van der Waals surface area contributed by atoms with E-state index in [4.69, 9.17) is 0 Å². The molecule has 1 rings (SSSR count). The van der Waals surface area contributed by atoms with E-state index in [1.54, 1.807) is 18.2 Å². The average Bonchev–Trinajstić information content (AvgIpc) is 2.34. The highest BCUT2D eigenvalue weighted by molar-refractivity contribution is 7.89. The van der Waals surface area contributed by atoms with E-state index in [0.29, 0.717) is 17.1 Å². The first-order valence-corrected chi connectivity index (χ1v) is 8.57. The predicted octanol–water partition coefficient (Wildman–Crippen LogP) is 3.22. The molecule has 0 saturated carbocycles. The minimum atomic E-state index is -3.46. The highest BCUT2D eigenvalue weighted by Gasteiger charge is 2.19. The van der Waals surface area contributed by atoms with Gasteiger partial charge in [0.05, 0.1) is 5.69 Å². The zero-order valence-electron chi connectivity index (χ0n) is 12.9. The summed E-state index contributed by atoms with van der Waals surface area (Å²) in [5.74, 6) is 0. The molecule has 0 atom stereocenters. The van der Waals surface area contributed by atoms with Crippen LogP contribution in [-0.4, -0.2) is 21.5 Å². The summed E-state index contributed by atoms with van der Waals surface area (Å²) in [4.78, 5) is 0.322. The zero-order chi connectivity index (χ0) is 15.2. The van der Waals surface area contributed by atoms with Crippen molar-refractivity contribution in [2.24, 2.45) is 5.41 Å². The molecule has 0 aliphatic rings. The molecule has 0 fully saturated rings. The monoisotopic (exact) mass is 298 g/mol. The Hall–Kier alpha value is -1.07. The Morgan fingerprint density at radius 2 is 1.75 bits per heavy atom. The van der Waals surface area contributed by atoms with E-state index in [1.807, 2.05) is 13.0 Å². The van der Waals surface area contributed by atoms with Crippen molar-refractivity contribution < 1.29 is 8.42 Å². The van der Waals surface area contributed by atoms with Crippen LogP contribution in [0.15, 0.2) is 29.2 Å². The summed E-state index contributed by atoms with van der Waals surface area (Å²) in [5.41, 5.74) is 0.778. The molecule has 114 valence electrons. The second-order valence-corrected chi connectivity index (χ2v) is 7.87. The van der Waals surface area contributed by atoms with Crippen LogP contribution in [-0.2, 0) is 10.0 Å². The summed E-state index contributed by atoms with van der Waals surface area (Å²) < 4.78 is 27.4. The lowest BCUT2D eigenvalue weighted by atomic mass is 9.93. The van der Waals surface area contributed by atoms with Crippen LogP contribution in [0.5, 0.6) is 0 Å². The molecule has 0 amide bonds. The first-order chi connectivity index (χ1) is 9.26. The fourth-order valence-corrected chi connectivity index (χ4v) is 2.96. The third-order valence-corrected chi connectivity index (χ3v) is 4.43. The molecule has 0 aliphatic heterocycles. The van der Waals surface area contributed by atoms with Gasteiger partial charge in [-0.3, -0.25) is 0 Å². The van der Waals surface area contributed by atoms with Gasteiger partial charge in [0, 0.05) is 13.1 Å². The molecule has 5 heteroatoms. The van der Waals surface area contributed by atoms with Crippen molar-refractivity contribution in [1.29, 1.82) is 0 Å². The van der Waals surface area contributed by atoms with E-state index < -0.39 is 10.0 Å². The zero-order valence-corrected chi connectivity index (χ0v) is 13.7. The van der Waals surface area contributed by atoms with Gasteiger partial charge in [-0.05, 0) is 30.4 Å².